The van der Waals surface area contributed by atoms with Crippen molar-refractivity contribution in [3.8, 4) is 11.1 Å². The Kier molecular flexibility index (Phi) is 4.73. The summed E-state index contributed by atoms with van der Waals surface area (Å²) < 4.78 is 0. The normalized spacial score (nSPS) is 11.8. The Bertz CT molecular complexity index is 800. The van der Waals surface area contributed by atoms with Crippen molar-refractivity contribution in [1.82, 2.24) is 4.98 Å². The molecule has 0 aliphatic carbocycles. The number of allylic oxidation sites excluding steroid dienone is 4. The predicted octanol–water partition coefficient (Wildman–Crippen LogP) is 3.33. The first kappa shape index (κ1) is 15.5. The summed E-state index contributed by atoms with van der Waals surface area (Å²) in [7, 11) is 0. The van der Waals surface area contributed by atoms with Gasteiger partial charge in [-0.05, 0) is 25.5 Å². The third-order valence-electron chi connectivity index (χ3n) is 3.42. The predicted molar refractivity (Wildman–Crippen MR) is 89.8 cm³/mol. The minimum atomic E-state index is -0.482. The minimum absolute atomic E-state index is 0.0264. The Labute approximate surface area is 129 Å². The fourth-order valence-corrected chi connectivity index (χ4v) is 2.03. The van der Waals surface area contributed by atoms with Gasteiger partial charge in [-0.3, -0.25) is 9.59 Å². The van der Waals surface area contributed by atoms with Crippen LogP contribution >= 0.6 is 0 Å². The summed E-state index contributed by atoms with van der Waals surface area (Å²) >= 11 is 0. The van der Waals surface area contributed by atoms with Crippen molar-refractivity contribution < 1.29 is 4.79 Å². The zero-order chi connectivity index (χ0) is 16.1. The number of hydrogen-bond acceptors (Lipinski definition) is 3. The zero-order valence-electron chi connectivity index (χ0n) is 12.6. The van der Waals surface area contributed by atoms with E-state index in [-0.39, 0.29) is 11.3 Å². The summed E-state index contributed by atoms with van der Waals surface area (Å²) in [4.78, 5) is 26.8. The molecule has 0 unspecified atom stereocenters. The van der Waals surface area contributed by atoms with Gasteiger partial charge in [0.2, 0.25) is 0 Å². The fraction of sp³-hybridized carbons (Fsp3) is 0.111. The number of aromatic nitrogens is 1. The van der Waals surface area contributed by atoms with Crippen LogP contribution in [-0.4, -0.2) is 10.8 Å². The van der Waals surface area contributed by atoms with Gasteiger partial charge in [-0.2, -0.15) is 0 Å². The van der Waals surface area contributed by atoms with Crippen LogP contribution in [0.25, 0.3) is 11.1 Å². The molecule has 1 heterocycles. The van der Waals surface area contributed by atoms with E-state index in [0.29, 0.717) is 5.56 Å². The first-order valence-corrected chi connectivity index (χ1v) is 6.96. The van der Waals surface area contributed by atoms with Gasteiger partial charge in [-0.1, -0.05) is 48.1 Å². The number of carbonyl (C=O) groups excluding carboxylic acids is 1. The lowest BCUT2D eigenvalue weighted by atomic mass is 10.0. The highest BCUT2D eigenvalue weighted by atomic mass is 16.1. The molecule has 0 saturated heterocycles. The van der Waals surface area contributed by atoms with E-state index in [1.165, 1.54) is 12.3 Å². The van der Waals surface area contributed by atoms with Crippen LogP contribution in [-0.2, 0) is 0 Å². The maximum absolute atomic E-state index is 12.3. The number of hydrogen-bond donors (Lipinski definition) is 2. The van der Waals surface area contributed by atoms with E-state index in [1.807, 2.05) is 50.3 Å². The third-order valence-corrected chi connectivity index (χ3v) is 3.42. The Hall–Kier alpha value is -2.88. The van der Waals surface area contributed by atoms with E-state index >= 15 is 0 Å². The van der Waals surface area contributed by atoms with Crippen LogP contribution in [0.3, 0.4) is 0 Å². The highest BCUT2D eigenvalue weighted by Gasteiger charge is 2.16. The molecule has 0 spiro atoms. The maximum atomic E-state index is 12.3. The Morgan fingerprint density at radius 1 is 1.18 bits per heavy atom. The monoisotopic (exact) mass is 294 g/mol. The minimum Gasteiger partial charge on any atom is -0.397 e. The number of aromatic amines is 1. The number of H-pyrrole nitrogens is 1. The van der Waals surface area contributed by atoms with Crippen molar-refractivity contribution in [2.75, 3.05) is 5.73 Å². The lowest BCUT2D eigenvalue weighted by molar-refractivity contribution is 0.104. The molecule has 0 bridgehead atoms. The largest absolute Gasteiger partial charge is 0.397 e. The van der Waals surface area contributed by atoms with Crippen molar-refractivity contribution in [3.63, 3.8) is 0 Å². The average Bonchev–Trinajstić information content (AvgIpc) is 2.53. The number of nitrogens with one attached hydrogen (secondary N) is 1. The van der Waals surface area contributed by atoms with E-state index < -0.39 is 11.3 Å². The summed E-state index contributed by atoms with van der Waals surface area (Å²) in [5.41, 5.74) is 8.17. The van der Waals surface area contributed by atoms with Gasteiger partial charge >= 0.3 is 0 Å². The quantitative estimate of drug-likeness (QED) is 0.516. The number of ketones is 1. The number of nitrogens with two attached hydrogens (primary N) is 1. The van der Waals surface area contributed by atoms with Crippen LogP contribution in [0.2, 0.25) is 0 Å². The molecule has 0 atom stereocenters. The highest BCUT2D eigenvalue weighted by Crippen LogP contribution is 2.26. The molecular formula is C18H18N2O2. The topological polar surface area (TPSA) is 76.0 Å². The maximum Gasteiger partial charge on any atom is 0.261 e. The number of pyridine rings is 1. The Morgan fingerprint density at radius 2 is 1.86 bits per heavy atom. The smallest absolute Gasteiger partial charge is 0.261 e. The van der Waals surface area contributed by atoms with Gasteiger partial charge in [-0.25, -0.2) is 0 Å². The van der Waals surface area contributed by atoms with E-state index in [2.05, 4.69) is 4.98 Å². The Morgan fingerprint density at radius 3 is 2.50 bits per heavy atom. The number of carbonyl (C=O) groups is 1. The molecule has 22 heavy (non-hydrogen) atoms. The molecule has 0 saturated carbocycles. The van der Waals surface area contributed by atoms with Gasteiger partial charge in [0.05, 0.1) is 5.69 Å². The average molecular weight is 294 g/mol. The van der Waals surface area contributed by atoms with Crippen molar-refractivity contribution in [2.24, 2.45) is 0 Å². The van der Waals surface area contributed by atoms with Crippen molar-refractivity contribution in [2.45, 2.75) is 13.8 Å². The van der Waals surface area contributed by atoms with Gasteiger partial charge in [0.25, 0.3) is 5.56 Å². The first-order valence-electron chi connectivity index (χ1n) is 6.96. The number of rotatable bonds is 4. The molecule has 0 aliphatic heterocycles. The molecule has 0 radical (unpaired) electrons. The number of benzene rings is 1. The van der Waals surface area contributed by atoms with Gasteiger partial charge in [0.15, 0.2) is 5.78 Å². The zero-order valence-corrected chi connectivity index (χ0v) is 12.6. The number of anilines is 1. The van der Waals surface area contributed by atoms with Crippen molar-refractivity contribution in [1.29, 1.82) is 0 Å². The number of nitrogen functional groups attached to an aromatic ring is 1. The van der Waals surface area contributed by atoms with Crippen LogP contribution in [0.4, 0.5) is 5.69 Å². The molecule has 2 aromatic rings. The second-order valence-corrected chi connectivity index (χ2v) is 4.92. The standard InChI is InChI=1S/C18H18N2O2/c1-3-12(2)9-10-15(21)16-17(19)14(11-20-18(16)22)13-7-5-4-6-8-13/h3-11H,1-2H3,(H3,19,20,22)/b10-9+,12-3+. The Balaban J connectivity index is 2.51. The van der Waals surface area contributed by atoms with Crippen LogP contribution in [0.5, 0.6) is 0 Å². The molecule has 0 fully saturated rings. The summed E-state index contributed by atoms with van der Waals surface area (Å²) in [5.74, 6) is -0.405. The van der Waals surface area contributed by atoms with Crippen LogP contribution in [0.15, 0.2) is 65.1 Å². The van der Waals surface area contributed by atoms with Crippen LogP contribution < -0.4 is 11.3 Å². The molecule has 4 heteroatoms. The molecule has 112 valence electrons. The third kappa shape index (κ3) is 3.23. The van der Waals surface area contributed by atoms with Gasteiger partial charge in [0.1, 0.15) is 5.56 Å². The van der Waals surface area contributed by atoms with Gasteiger partial charge in [-0.15, -0.1) is 0 Å². The highest BCUT2D eigenvalue weighted by molar-refractivity contribution is 6.09. The molecule has 0 aliphatic rings. The molecule has 4 nitrogen and oxygen atoms in total. The molecule has 3 N–H and O–H groups in total. The van der Waals surface area contributed by atoms with Crippen molar-refractivity contribution >= 4 is 11.5 Å². The van der Waals surface area contributed by atoms with Crippen LogP contribution in [0, 0.1) is 0 Å². The lowest BCUT2D eigenvalue weighted by Crippen LogP contribution is -2.19. The van der Waals surface area contributed by atoms with Crippen molar-refractivity contribution in [3.05, 3.63) is 76.2 Å². The van der Waals surface area contributed by atoms with E-state index in [0.717, 1.165) is 11.1 Å². The summed E-state index contributed by atoms with van der Waals surface area (Å²) in [6.07, 6.45) is 6.43. The molecule has 1 aromatic carbocycles. The van der Waals surface area contributed by atoms with Gasteiger partial charge < -0.3 is 10.7 Å². The van der Waals surface area contributed by atoms with E-state index in [1.54, 1.807) is 6.08 Å². The summed E-state index contributed by atoms with van der Waals surface area (Å²) in [6.45, 7) is 3.75. The second-order valence-electron chi connectivity index (χ2n) is 4.92. The molecule has 0 amide bonds. The van der Waals surface area contributed by atoms with Gasteiger partial charge in [0, 0.05) is 11.8 Å². The van der Waals surface area contributed by atoms with E-state index in [4.69, 9.17) is 5.73 Å². The molecule has 2 rings (SSSR count). The second kappa shape index (κ2) is 6.72. The summed E-state index contributed by atoms with van der Waals surface area (Å²) in [5, 5.41) is 0. The molecular weight excluding hydrogens is 276 g/mol. The lowest BCUT2D eigenvalue weighted by Gasteiger charge is -2.08. The first-order chi connectivity index (χ1) is 10.5. The SMILES string of the molecule is C/C=C(C)/C=C/C(=O)c1c(N)c(-c2ccccc2)c[nH]c1=O. The molecule has 1 aromatic heterocycles. The summed E-state index contributed by atoms with van der Waals surface area (Å²) in [6, 6.07) is 9.38. The van der Waals surface area contributed by atoms with E-state index in [9.17, 15) is 9.59 Å². The fourth-order valence-electron chi connectivity index (χ4n) is 2.03. The van der Waals surface area contributed by atoms with Crippen LogP contribution in [0.1, 0.15) is 24.2 Å².